The number of fused-ring (bicyclic) bond motifs is 1. The SMILES string of the molecule is O=C(COC(=O)/C=C/c1ccc(OC(F)F)cc1)Nc1ccc2ccccc2c1. The van der Waals surface area contributed by atoms with E-state index in [-0.39, 0.29) is 5.75 Å². The summed E-state index contributed by atoms with van der Waals surface area (Å²) in [6.45, 7) is -3.33. The van der Waals surface area contributed by atoms with E-state index in [2.05, 4.69) is 10.1 Å². The van der Waals surface area contributed by atoms with Crippen molar-refractivity contribution in [2.45, 2.75) is 6.61 Å². The van der Waals surface area contributed by atoms with Gasteiger partial charge in [0.05, 0.1) is 0 Å². The Labute approximate surface area is 165 Å². The van der Waals surface area contributed by atoms with Crippen LogP contribution in [0, 0.1) is 0 Å². The molecule has 0 saturated carbocycles. The molecule has 0 aromatic heterocycles. The fourth-order valence-corrected chi connectivity index (χ4v) is 2.57. The van der Waals surface area contributed by atoms with Gasteiger partial charge >= 0.3 is 12.6 Å². The van der Waals surface area contributed by atoms with Crippen LogP contribution in [0.5, 0.6) is 5.75 Å². The maximum Gasteiger partial charge on any atom is 0.387 e. The number of hydrogen-bond donors (Lipinski definition) is 1. The Morgan fingerprint density at radius 3 is 2.41 bits per heavy atom. The van der Waals surface area contributed by atoms with Gasteiger partial charge in [-0.2, -0.15) is 8.78 Å². The Morgan fingerprint density at radius 1 is 0.966 bits per heavy atom. The molecular formula is C22H17F2NO4. The number of halogens is 2. The van der Waals surface area contributed by atoms with Crippen molar-refractivity contribution in [3.05, 3.63) is 78.4 Å². The number of anilines is 1. The van der Waals surface area contributed by atoms with E-state index in [1.54, 1.807) is 6.07 Å². The zero-order valence-electron chi connectivity index (χ0n) is 15.2. The minimum absolute atomic E-state index is 0.0186. The van der Waals surface area contributed by atoms with E-state index >= 15 is 0 Å². The zero-order chi connectivity index (χ0) is 20.6. The first-order valence-electron chi connectivity index (χ1n) is 8.68. The van der Waals surface area contributed by atoms with Gasteiger partial charge in [-0.05, 0) is 46.7 Å². The number of nitrogens with one attached hydrogen (secondary N) is 1. The molecule has 29 heavy (non-hydrogen) atoms. The number of carbonyl (C=O) groups excluding carboxylic acids is 2. The van der Waals surface area contributed by atoms with Crippen LogP contribution in [-0.4, -0.2) is 25.1 Å². The number of alkyl halides is 2. The van der Waals surface area contributed by atoms with Gasteiger partial charge < -0.3 is 14.8 Å². The first-order valence-corrected chi connectivity index (χ1v) is 8.68. The number of ether oxygens (including phenoxy) is 2. The highest BCUT2D eigenvalue weighted by Crippen LogP contribution is 2.19. The third-order valence-electron chi connectivity index (χ3n) is 3.90. The number of hydrogen-bond acceptors (Lipinski definition) is 4. The Hall–Kier alpha value is -3.74. The van der Waals surface area contributed by atoms with Gasteiger partial charge in [-0.3, -0.25) is 4.79 Å². The molecule has 0 bridgehead atoms. The molecule has 3 aromatic rings. The second kappa shape index (κ2) is 9.45. The molecule has 0 heterocycles. The minimum Gasteiger partial charge on any atom is -0.452 e. The number of carbonyl (C=O) groups is 2. The summed E-state index contributed by atoms with van der Waals surface area (Å²) < 4.78 is 33.3. The van der Waals surface area contributed by atoms with Crippen molar-refractivity contribution in [1.82, 2.24) is 0 Å². The molecule has 0 unspecified atom stereocenters. The molecule has 7 heteroatoms. The van der Waals surface area contributed by atoms with E-state index < -0.39 is 25.1 Å². The molecule has 148 valence electrons. The summed E-state index contributed by atoms with van der Waals surface area (Å²) in [6, 6.07) is 18.9. The topological polar surface area (TPSA) is 64.6 Å². The standard InChI is InChI=1S/C22H17F2NO4/c23-22(24)29-19-10-5-15(6-11-19)7-12-21(27)28-14-20(26)25-18-9-8-16-3-1-2-4-17(16)13-18/h1-13,22H,14H2,(H,25,26)/b12-7+. The van der Waals surface area contributed by atoms with Gasteiger partial charge in [0.15, 0.2) is 6.61 Å². The van der Waals surface area contributed by atoms with E-state index in [0.29, 0.717) is 11.3 Å². The van der Waals surface area contributed by atoms with Gasteiger partial charge in [-0.15, -0.1) is 0 Å². The predicted octanol–water partition coefficient (Wildman–Crippen LogP) is 4.64. The number of amides is 1. The molecule has 3 aromatic carbocycles. The Balaban J connectivity index is 1.47. The lowest BCUT2D eigenvalue weighted by molar-refractivity contribution is -0.142. The highest BCUT2D eigenvalue weighted by atomic mass is 19.3. The van der Waals surface area contributed by atoms with Crippen molar-refractivity contribution in [2.24, 2.45) is 0 Å². The molecular weight excluding hydrogens is 380 g/mol. The largest absolute Gasteiger partial charge is 0.452 e. The predicted molar refractivity (Wildman–Crippen MR) is 106 cm³/mol. The monoisotopic (exact) mass is 397 g/mol. The van der Waals surface area contributed by atoms with Crippen molar-refractivity contribution < 1.29 is 27.8 Å². The van der Waals surface area contributed by atoms with E-state index in [9.17, 15) is 18.4 Å². The lowest BCUT2D eigenvalue weighted by Gasteiger charge is -2.07. The quantitative estimate of drug-likeness (QED) is 0.466. The zero-order valence-corrected chi connectivity index (χ0v) is 15.2. The van der Waals surface area contributed by atoms with E-state index in [1.807, 2.05) is 36.4 Å². The molecule has 5 nitrogen and oxygen atoms in total. The second-order valence-electron chi connectivity index (χ2n) is 6.00. The van der Waals surface area contributed by atoms with E-state index in [1.165, 1.54) is 30.3 Å². The summed E-state index contributed by atoms with van der Waals surface area (Å²) in [5.41, 5.74) is 1.19. The average molecular weight is 397 g/mol. The fourth-order valence-electron chi connectivity index (χ4n) is 2.57. The normalized spacial score (nSPS) is 11.0. The van der Waals surface area contributed by atoms with Crippen molar-refractivity contribution in [1.29, 1.82) is 0 Å². The molecule has 1 N–H and O–H groups in total. The molecule has 0 radical (unpaired) electrons. The van der Waals surface area contributed by atoms with Crippen molar-refractivity contribution in [2.75, 3.05) is 11.9 Å². The van der Waals surface area contributed by atoms with Crippen molar-refractivity contribution >= 4 is 34.4 Å². The Morgan fingerprint density at radius 2 is 1.69 bits per heavy atom. The molecule has 3 rings (SSSR count). The van der Waals surface area contributed by atoms with Crippen LogP contribution in [0.4, 0.5) is 14.5 Å². The molecule has 0 aliphatic heterocycles. The minimum atomic E-state index is -2.90. The highest BCUT2D eigenvalue weighted by molar-refractivity contribution is 5.96. The van der Waals surface area contributed by atoms with Gasteiger partial charge in [0, 0.05) is 11.8 Å². The summed E-state index contributed by atoms with van der Waals surface area (Å²) in [6.07, 6.45) is 2.59. The number of benzene rings is 3. The maximum atomic E-state index is 12.1. The van der Waals surface area contributed by atoms with Crippen LogP contribution in [0.25, 0.3) is 16.8 Å². The highest BCUT2D eigenvalue weighted by Gasteiger charge is 2.07. The van der Waals surface area contributed by atoms with Crippen molar-refractivity contribution in [3.8, 4) is 5.75 Å². The van der Waals surface area contributed by atoms with Crippen LogP contribution >= 0.6 is 0 Å². The van der Waals surface area contributed by atoms with Crippen LogP contribution < -0.4 is 10.1 Å². The molecule has 0 fully saturated rings. The van der Waals surface area contributed by atoms with Gasteiger partial charge in [0.2, 0.25) is 0 Å². The van der Waals surface area contributed by atoms with E-state index in [0.717, 1.165) is 16.8 Å². The van der Waals surface area contributed by atoms with Gasteiger partial charge in [0.1, 0.15) is 5.75 Å². The van der Waals surface area contributed by atoms with E-state index in [4.69, 9.17) is 4.74 Å². The maximum absolute atomic E-state index is 12.1. The van der Waals surface area contributed by atoms with Crippen LogP contribution in [-0.2, 0) is 14.3 Å². The lowest BCUT2D eigenvalue weighted by atomic mass is 10.1. The summed E-state index contributed by atoms with van der Waals surface area (Å²) in [5.74, 6) is -1.15. The summed E-state index contributed by atoms with van der Waals surface area (Å²) in [5, 5.41) is 4.70. The van der Waals surface area contributed by atoms with Gasteiger partial charge in [-0.1, -0.05) is 42.5 Å². The molecule has 0 atom stereocenters. The van der Waals surface area contributed by atoms with Crippen LogP contribution in [0.2, 0.25) is 0 Å². The van der Waals surface area contributed by atoms with Crippen LogP contribution in [0.1, 0.15) is 5.56 Å². The molecule has 1 amide bonds. The lowest BCUT2D eigenvalue weighted by Crippen LogP contribution is -2.20. The summed E-state index contributed by atoms with van der Waals surface area (Å²) >= 11 is 0. The second-order valence-corrected chi connectivity index (χ2v) is 6.00. The van der Waals surface area contributed by atoms with Crippen LogP contribution in [0.3, 0.4) is 0 Å². The third-order valence-corrected chi connectivity index (χ3v) is 3.90. The number of esters is 1. The Bertz CT molecular complexity index is 1030. The fraction of sp³-hybridized carbons (Fsp3) is 0.0909. The third kappa shape index (κ3) is 6.14. The molecule has 0 aliphatic carbocycles. The van der Waals surface area contributed by atoms with Gasteiger partial charge in [-0.25, -0.2) is 4.79 Å². The van der Waals surface area contributed by atoms with Gasteiger partial charge in [0.25, 0.3) is 5.91 Å². The van der Waals surface area contributed by atoms with Crippen molar-refractivity contribution in [3.63, 3.8) is 0 Å². The molecule has 0 aliphatic rings. The van der Waals surface area contributed by atoms with Crippen LogP contribution in [0.15, 0.2) is 72.8 Å². The average Bonchev–Trinajstić information content (AvgIpc) is 2.71. The summed E-state index contributed by atoms with van der Waals surface area (Å²) in [4.78, 5) is 23.7. The Kier molecular flexibility index (Phi) is 6.52. The first-order chi connectivity index (χ1) is 14.0. The molecule has 0 spiro atoms. The summed E-state index contributed by atoms with van der Waals surface area (Å²) in [7, 11) is 0. The molecule has 0 saturated heterocycles. The number of rotatable bonds is 7. The first kappa shape index (κ1) is 20.0. The smallest absolute Gasteiger partial charge is 0.387 e.